The van der Waals surface area contributed by atoms with Crippen molar-refractivity contribution in [2.24, 2.45) is 0 Å². The standard InChI is InChI=1S/C84H57N3Si/c1-6-23-58(24-7-1)63-43-49-82-77(54-63)78-55-64(59-25-8-2-9-26-59)44-50-83(78)85(82)66-45-48-76-75-37-18-21-40-81(75)87(84(76)57-66)68-53-65(52-67(56-68)86-79-38-19-16-35-73(79)74-36-17-20-39-80(74)86)62-28-22-27-61(51-62)60-41-46-72(47-42-60)88(69-29-10-3-11-30-69,70-31-12-4-13-32-70)71-33-14-5-15-34-71/h1-57H. The van der Waals surface area contributed by atoms with Gasteiger partial charge in [0.15, 0.2) is 8.07 Å². The van der Waals surface area contributed by atoms with E-state index in [1.165, 1.54) is 97.5 Å². The van der Waals surface area contributed by atoms with Crippen molar-refractivity contribution < 1.29 is 0 Å². The van der Waals surface area contributed by atoms with Gasteiger partial charge in [-0.25, -0.2) is 0 Å². The van der Waals surface area contributed by atoms with Gasteiger partial charge >= 0.3 is 0 Å². The van der Waals surface area contributed by atoms with Gasteiger partial charge in [0.1, 0.15) is 0 Å². The van der Waals surface area contributed by atoms with Crippen LogP contribution in [0.3, 0.4) is 0 Å². The fraction of sp³-hybridized carbons (Fsp3) is 0. The summed E-state index contributed by atoms with van der Waals surface area (Å²) in [6, 6.07) is 129. The van der Waals surface area contributed by atoms with Crippen LogP contribution in [0, 0.1) is 0 Å². The van der Waals surface area contributed by atoms with E-state index in [-0.39, 0.29) is 0 Å². The van der Waals surface area contributed by atoms with Gasteiger partial charge in [0.2, 0.25) is 0 Å². The van der Waals surface area contributed by atoms with Crippen LogP contribution in [0.1, 0.15) is 0 Å². The Balaban J connectivity index is 0.859. The first-order valence-electron chi connectivity index (χ1n) is 30.4. The van der Waals surface area contributed by atoms with Gasteiger partial charge in [0.25, 0.3) is 0 Å². The van der Waals surface area contributed by atoms with Crippen LogP contribution in [0.4, 0.5) is 0 Å². The highest BCUT2D eigenvalue weighted by Gasteiger charge is 2.41. The monoisotopic (exact) mass is 1140 g/mol. The average molecular weight is 1140 g/mol. The Morgan fingerprint density at radius 3 is 0.966 bits per heavy atom. The zero-order valence-corrected chi connectivity index (χ0v) is 49.3. The quantitative estimate of drug-likeness (QED) is 0.0906. The van der Waals surface area contributed by atoms with Crippen molar-refractivity contribution in [3.8, 4) is 61.6 Å². The molecule has 0 aliphatic rings. The number of hydrogen-bond acceptors (Lipinski definition) is 0. The van der Waals surface area contributed by atoms with Crippen molar-refractivity contribution in [1.82, 2.24) is 13.7 Å². The molecule has 0 spiro atoms. The summed E-state index contributed by atoms with van der Waals surface area (Å²) >= 11 is 0. The Morgan fingerprint density at radius 1 is 0.159 bits per heavy atom. The predicted octanol–water partition coefficient (Wildman–Crippen LogP) is 19.0. The summed E-state index contributed by atoms with van der Waals surface area (Å²) < 4.78 is 7.45. The molecule has 0 aliphatic carbocycles. The first kappa shape index (κ1) is 51.1. The highest BCUT2D eigenvalue weighted by molar-refractivity contribution is 7.19. The van der Waals surface area contributed by atoms with E-state index in [2.05, 4.69) is 359 Å². The number of hydrogen-bond donors (Lipinski definition) is 0. The molecule has 0 unspecified atom stereocenters. The lowest BCUT2D eigenvalue weighted by atomic mass is 9.98. The molecular formula is C84H57N3Si. The van der Waals surface area contributed by atoms with Gasteiger partial charge in [-0.15, -0.1) is 0 Å². The van der Waals surface area contributed by atoms with Gasteiger partial charge in [-0.3, -0.25) is 0 Å². The molecule has 14 aromatic carbocycles. The number of fused-ring (bicyclic) bond motifs is 9. The lowest BCUT2D eigenvalue weighted by molar-refractivity contribution is 1.13. The summed E-state index contributed by atoms with van der Waals surface area (Å²) in [6.45, 7) is 0. The lowest BCUT2D eigenvalue weighted by Gasteiger charge is -2.34. The summed E-state index contributed by atoms with van der Waals surface area (Å²) in [4.78, 5) is 0. The third kappa shape index (κ3) is 8.33. The number of benzene rings is 14. The molecular weight excluding hydrogens is 1080 g/mol. The second kappa shape index (κ2) is 21.0. The highest BCUT2D eigenvalue weighted by Crippen LogP contribution is 2.42. The second-order valence-electron chi connectivity index (χ2n) is 23.2. The molecule has 3 heterocycles. The van der Waals surface area contributed by atoms with Crippen LogP contribution in [-0.2, 0) is 0 Å². The predicted molar refractivity (Wildman–Crippen MR) is 375 cm³/mol. The summed E-state index contributed by atoms with van der Waals surface area (Å²) in [5.41, 5.74) is 19.6. The van der Waals surface area contributed by atoms with Gasteiger partial charge in [0, 0.05) is 49.4 Å². The van der Waals surface area contributed by atoms with E-state index in [0.29, 0.717) is 0 Å². The molecule has 0 N–H and O–H groups in total. The molecule has 0 aliphatic heterocycles. The van der Waals surface area contributed by atoms with Crippen LogP contribution < -0.4 is 20.7 Å². The Morgan fingerprint density at radius 2 is 0.489 bits per heavy atom. The molecule has 3 aromatic heterocycles. The van der Waals surface area contributed by atoms with Crippen molar-refractivity contribution in [3.63, 3.8) is 0 Å². The molecule has 0 saturated carbocycles. The highest BCUT2D eigenvalue weighted by atomic mass is 28.3. The Labute approximate surface area is 512 Å². The van der Waals surface area contributed by atoms with E-state index >= 15 is 0 Å². The van der Waals surface area contributed by atoms with E-state index in [1.54, 1.807) is 0 Å². The maximum Gasteiger partial charge on any atom is 0.179 e. The normalized spacial score (nSPS) is 11.9. The summed E-state index contributed by atoms with van der Waals surface area (Å²) in [7, 11) is -2.71. The molecule has 0 amide bonds. The molecule has 412 valence electrons. The Hall–Kier alpha value is -11.3. The first-order chi connectivity index (χ1) is 43.6. The fourth-order valence-corrected chi connectivity index (χ4v) is 19.1. The molecule has 0 saturated heterocycles. The minimum atomic E-state index is -2.71. The molecule has 88 heavy (non-hydrogen) atoms. The summed E-state index contributed by atoms with van der Waals surface area (Å²) in [5.74, 6) is 0. The van der Waals surface area contributed by atoms with Gasteiger partial charge in [-0.1, -0.05) is 267 Å². The molecule has 17 rings (SSSR count). The molecule has 0 bridgehead atoms. The van der Waals surface area contributed by atoms with Crippen molar-refractivity contribution in [3.05, 3.63) is 346 Å². The van der Waals surface area contributed by atoms with Crippen molar-refractivity contribution in [2.75, 3.05) is 0 Å². The van der Waals surface area contributed by atoms with E-state index in [9.17, 15) is 0 Å². The second-order valence-corrected chi connectivity index (χ2v) is 27.0. The third-order valence-corrected chi connectivity index (χ3v) is 23.2. The van der Waals surface area contributed by atoms with E-state index in [1.807, 2.05) is 0 Å². The van der Waals surface area contributed by atoms with Crippen molar-refractivity contribution >= 4 is 94.2 Å². The van der Waals surface area contributed by atoms with Crippen molar-refractivity contribution in [2.45, 2.75) is 0 Å². The van der Waals surface area contributed by atoms with E-state index < -0.39 is 8.07 Å². The number of aromatic nitrogens is 3. The smallest absolute Gasteiger partial charge is 0.179 e. The topological polar surface area (TPSA) is 14.8 Å². The molecule has 17 aromatic rings. The first-order valence-corrected chi connectivity index (χ1v) is 32.4. The maximum atomic E-state index is 2.51. The number of nitrogens with zero attached hydrogens (tertiary/aromatic N) is 3. The average Bonchev–Trinajstić information content (AvgIpc) is 1.70. The van der Waals surface area contributed by atoms with E-state index in [0.717, 1.165) is 50.3 Å². The number of para-hydroxylation sites is 3. The maximum absolute atomic E-state index is 2.71. The zero-order valence-electron chi connectivity index (χ0n) is 48.3. The SMILES string of the molecule is c1ccc(-c2ccc3c(c2)c2cc(-c4ccccc4)ccc2n3-c2ccc3c4ccccc4n(-c4cc(-c5cccc(-c6ccc([Si](c7ccccc7)(c7ccccc7)c7ccccc7)cc6)c5)cc(-n5c6ccccc6c6ccccc65)c4)c3c2)cc1. The van der Waals surface area contributed by atoms with Crippen LogP contribution in [0.2, 0.25) is 0 Å². The van der Waals surface area contributed by atoms with Crippen LogP contribution in [0.25, 0.3) is 127 Å². The van der Waals surface area contributed by atoms with Crippen molar-refractivity contribution in [1.29, 1.82) is 0 Å². The lowest BCUT2D eigenvalue weighted by Crippen LogP contribution is -2.74. The van der Waals surface area contributed by atoms with Crippen LogP contribution in [0.5, 0.6) is 0 Å². The molecule has 3 nitrogen and oxygen atoms in total. The molecule has 0 fully saturated rings. The van der Waals surface area contributed by atoms with Gasteiger partial charge in [-0.05, 0) is 144 Å². The largest absolute Gasteiger partial charge is 0.309 e. The molecule has 0 atom stereocenters. The third-order valence-electron chi connectivity index (χ3n) is 18.4. The zero-order chi connectivity index (χ0) is 58.1. The van der Waals surface area contributed by atoms with Crippen LogP contribution in [0.15, 0.2) is 346 Å². The summed E-state index contributed by atoms with van der Waals surface area (Å²) in [6.07, 6.45) is 0. The van der Waals surface area contributed by atoms with Gasteiger partial charge in [-0.2, -0.15) is 0 Å². The minimum absolute atomic E-state index is 1.08. The van der Waals surface area contributed by atoms with Gasteiger partial charge < -0.3 is 13.7 Å². The van der Waals surface area contributed by atoms with Crippen LogP contribution >= 0.6 is 0 Å². The summed E-state index contributed by atoms with van der Waals surface area (Å²) in [5, 5.41) is 12.7. The Bertz CT molecular complexity index is 5220. The van der Waals surface area contributed by atoms with Gasteiger partial charge in [0.05, 0.1) is 33.1 Å². The number of rotatable bonds is 11. The molecule has 0 radical (unpaired) electrons. The van der Waals surface area contributed by atoms with E-state index in [4.69, 9.17) is 0 Å². The molecule has 4 heteroatoms. The van der Waals surface area contributed by atoms with Crippen LogP contribution in [-0.4, -0.2) is 21.8 Å². The minimum Gasteiger partial charge on any atom is -0.309 e. The fourth-order valence-electron chi connectivity index (χ4n) is 14.4. The Kier molecular flexibility index (Phi) is 12.2.